The number of nitrogens with zero attached hydrogens (tertiary/aromatic N) is 3. The summed E-state index contributed by atoms with van der Waals surface area (Å²) < 4.78 is 5.80. The third kappa shape index (κ3) is 3.08. The third-order valence-electron chi connectivity index (χ3n) is 3.77. The number of benzene rings is 1. The van der Waals surface area contributed by atoms with E-state index in [1.54, 1.807) is 6.92 Å². The summed E-state index contributed by atoms with van der Waals surface area (Å²) in [5.41, 5.74) is 0.839. The summed E-state index contributed by atoms with van der Waals surface area (Å²) >= 11 is 0. The SMILES string of the molecule is CC(=O)N1CCC[C@@H]1c1nc(C)cc(Oc2ccccc2)n1. The Labute approximate surface area is 130 Å². The number of amides is 1. The van der Waals surface area contributed by atoms with Gasteiger partial charge in [-0.3, -0.25) is 4.79 Å². The van der Waals surface area contributed by atoms with Crippen LogP contribution in [0.4, 0.5) is 0 Å². The second-order valence-electron chi connectivity index (χ2n) is 5.49. The van der Waals surface area contributed by atoms with Crippen molar-refractivity contribution in [1.82, 2.24) is 14.9 Å². The smallest absolute Gasteiger partial charge is 0.222 e. The molecule has 0 saturated carbocycles. The monoisotopic (exact) mass is 297 g/mol. The average Bonchev–Trinajstić information content (AvgIpc) is 2.97. The summed E-state index contributed by atoms with van der Waals surface area (Å²) in [7, 11) is 0. The molecule has 1 aliphatic rings. The molecule has 0 aliphatic carbocycles. The minimum atomic E-state index is -0.0458. The van der Waals surface area contributed by atoms with E-state index < -0.39 is 0 Å². The van der Waals surface area contributed by atoms with Crippen LogP contribution in [0.25, 0.3) is 0 Å². The molecule has 3 rings (SSSR count). The van der Waals surface area contributed by atoms with E-state index >= 15 is 0 Å². The first kappa shape index (κ1) is 14.5. The number of aromatic nitrogens is 2. The molecule has 0 spiro atoms. The molecule has 1 aromatic heterocycles. The number of carbonyl (C=O) groups is 1. The lowest BCUT2D eigenvalue weighted by Crippen LogP contribution is -2.29. The van der Waals surface area contributed by atoms with Crippen molar-refractivity contribution < 1.29 is 9.53 Å². The Bertz CT molecular complexity index is 673. The van der Waals surface area contributed by atoms with Crippen LogP contribution in [-0.2, 0) is 4.79 Å². The first-order valence-electron chi connectivity index (χ1n) is 7.49. The van der Waals surface area contributed by atoms with Crippen LogP contribution >= 0.6 is 0 Å². The third-order valence-corrected chi connectivity index (χ3v) is 3.77. The van der Waals surface area contributed by atoms with Crippen molar-refractivity contribution in [3.63, 3.8) is 0 Å². The highest BCUT2D eigenvalue weighted by molar-refractivity contribution is 5.74. The Hall–Kier alpha value is -2.43. The summed E-state index contributed by atoms with van der Waals surface area (Å²) in [4.78, 5) is 22.6. The van der Waals surface area contributed by atoms with Crippen LogP contribution in [0.5, 0.6) is 11.6 Å². The van der Waals surface area contributed by atoms with Gasteiger partial charge < -0.3 is 9.64 Å². The van der Waals surface area contributed by atoms with Gasteiger partial charge >= 0.3 is 0 Å². The summed E-state index contributed by atoms with van der Waals surface area (Å²) in [6, 6.07) is 11.3. The molecular weight excluding hydrogens is 278 g/mol. The van der Waals surface area contributed by atoms with E-state index in [1.807, 2.05) is 48.2 Å². The molecule has 1 aliphatic heterocycles. The number of hydrogen-bond acceptors (Lipinski definition) is 4. The molecule has 5 heteroatoms. The van der Waals surface area contributed by atoms with E-state index in [1.165, 1.54) is 0 Å². The summed E-state index contributed by atoms with van der Waals surface area (Å²) in [5.74, 6) is 1.99. The number of likely N-dealkylation sites (tertiary alicyclic amines) is 1. The van der Waals surface area contributed by atoms with Gasteiger partial charge in [-0.15, -0.1) is 0 Å². The number of ether oxygens (including phenoxy) is 1. The molecule has 2 heterocycles. The first-order valence-corrected chi connectivity index (χ1v) is 7.49. The van der Waals surface area contributed by atoms with Gasteiger partial charge in [0.05, 0.1) is 6.04 Å². The zero-order valence-electron chi connectivity index (χ0n) is 12.8. The highest BCUT2D eigenvalue weighted by atomic mass is 16.5. The maximum atomic E-state index is 11.7. The standard InChI is InChI=1S/C17H19N3O2/c1-12-11-16(22-14-7-4-3-5-8-14)19-17(18-12)15-9-6-10-20(15)13(2)21/h3-5,7-8,11,15H,6,9-10H2,1-2H3/t15-/m1/s1. The lowest BCUT2D eigenvalue weighted by molar-refractivity contribution is -0.129. The Morgan fingerprint density at radius 1 is 1.27 bits per heavy atom. The Morgan fingerprint density at radius 2 is 2.05 bits per heavy atom. The molecule has 22 heavy (non-hydrogen) atoms. The molecule has 0 radical (unpaired) electrons. The van der Waals surface area contributed by atoms with Gasteiger partial charge in [0.15, 0.2) is 5.82 Å². The number of hydrogen-bond donors (Lipinski definition) is 0. The molecule has 114 valence electrons. The zero-order chi connectivity index (χ0) is 15.5. The van der Waals surface area contributed by atoms with E-state index in [4.69, 9.17) is 4.74 Å². The van der Waals surface area contributed by atoms with E-state index in [-0.39, 0.29) is 11.9 Å². The van der Waals surface area contributed by atoms with Crippen molar-refractivity contribution >= 4 is 5.91 Å². The van der Waals surface area contributed by atoms with Crippen molar-refractivity contribution in [2.45, 2.75) is 32.7 Å². The Morgan fingerprint density at radius 3 is 2.77 bits per heavy atom. The molecule has 0 bridgehead atoms. The van der Waals surface area contributed by atoms with E-state index in [2.05, 4.69) is 9.97 Å². The van der Waals surface area contributed by atoms with E-state index in [0.29, 0.717) is 11.7 Å². The van der Waals surface area contributed by atoms with Crippen molar-refractivity contribution in [2.75, 3.05) is 6.54 Å². The summed E-state index contributed by atoms with van der Waals surface area (Å²) in [5, 5.41) is 0. The molecule has 1 aromatic carbocycles. The topological polar surface area (TPSA) is 55.3 Å². The number of carbonyl (C=O) groups excluding carboxylic acids is 1. The van der Waals surface area contributed by atoms with Gasteiger partial charge in [-0.1, -0.05) is 18.2 Å². The van der Waals surface area contributed by atoms with Crippen LogP contribution in [0.15, 0.2) is 36.4 Å². The Kier molecular flexibility index (Phi) is 4.04. The maximum absolute atomic E-state index is 11.7. The number of aryl methyl sites for hydroxylation is 1. The van der Waals surface area contributed by atoms with Gasteiger partial charge in [0.1, 0.15) is 5.75 Å². The quantitative estimate of drug-likeness (QED) is 0.872. The lowest BCUT2D eigenvalue weighted by atomic mass is 10.2. The molecule has 5 nitrogen and oxygen atoms in total. The fraction of sp³-hybridized carbons (Fsp3) is 0.353. The van der Waals surface area contributed by atoms with Gasteiger partial charge in [-0.2, -0.15) is 4.98 Å². The van der Waals surface area contributed by atoms with Crippen LogP contribution in [0.3, 0.4) is 0 Å². The maximum Gasteiger partial charge on any atom is 0.222 e. The molecule has 1 saturated heterocycles. The summed E-state index contributed by atoms with van der Waals surface area (Å²) in [6.07, 6.45) is 1.88. The Balaban J connectivity index is 1.88. The van der Waals surface area contributed by atoms with E-state index in [9.17, 15) is 4.79 Å². The van der Waals surface area contributed by atoms with Crippen molar-refractivity contribution in [2.24, 2.45) is 0 Å². The van der Waals surface area contributed by atoms with Crippen LogP contribution in [-0.4, -0.2) is 27.3 Å². The van der Waals surface area contributed by atoms with Gasteiger partial charge in [0, 0.05) is 25.2 Å². The second kappa shape index (κ2) is 6.13. The first-order chi connectivity index (χ1) is 10.6. The largest absolute Gasteiger partial charge is 0.439 e. The molecule has 1 atom stereocenters. The van der Waals surface area contributed by atoms with Gasteiger partial charge in [0.25, 0.3) is 0 Å². The van der Waals surface area contributed by atoms with Crippen LogP contribution in [0.1, 0.15) is 37.3 Å². The normalized spacial score (nSPS) is 17.5. The molecule has 1 fully saturated rings. The van der Waals surface area contributed by atoms with Crippen LogP contribution < -0.4 is 4.74 Å². The molecule has 0 unspecified atom stereocenters. The minimum Gasteiger partial charge on any atom is -0.439 e. The van der Waals surface area contributed by atoms with E-state index in [0.717, 1.165) is 30.8 Å². The molecule has 2 aromatic rings. The van der Waals surface area contributed by atoms with Crippen molar-refractivity contribution in [3.05, 3.63) is 47.9 Å². The summed E-state index contributed by atoms with van der Waals surface area (Å²) in [6.45, 7) is 4.28. The average molecular weight is 297 g/mol. The number of rotatable bonds is 3. The minimum absolute atomic E-state index is 0.0458. The van der Waals surface area contributed by atoms with Gasteiger partial charge in [0.2, 0.25) is 11.8 Å². The molecular formula is C17H19N3O2. The van der Waals surface area contributed by atoms with Crippen molar-refractivity contribution in [1.29, 1.82) is 0 Å². The predicted octanol–water partition coefficient (Wildman–Crippen LogP) is 3.26. The van der Waals surface area contributed by atoms with Crippen LogP contribution in [0, 0.1) is 6.92 Å². The van der Waals surface area contributed by atoms with Crippen LogP contribution in [0.2, 0.25) is 0 Å². The molecule has 1 amide bonds. The highest BCUT2D eigenvalue weighted by Crippen LogP contribution is 2.31. The molecule has 0 N–H and O–H groups in total. The van der Waals surface area contributed by atoms with Crippen molar-refractivity contribution in [3.8, 4) is 11.6 Å². The zero-order valence-corrected chi connectivity index (χ0v) is 12.8. The number of para-hydroxylation sites is 1. The highest BCUT2D eigenvalue weighted by Gasteiger charge is 2.30. The van der Waals surface area contributed by atoms with Gasteiger partial charge in [-0.05, 0) is 31.9 Å². The predicted molar refractivity (Wildman–Crippen MR) is 82.6 cm³/mol. The fourth-order valence-electron chi connectivity index (χ4n) is 2.78. The van der Waals surface area contributed by atoms with Gasteiger partial charge in [-0.25, -0.2) is 4.98 Å². The lowest BCUT2D eigenvalue weighted by Gasteiger charge is -2.22. The fourth-order valence-corrected chi connectivity index (χ4v) is 2.78. The second-order valence-corrected chi connectivity index (χ2v) is 5.49.